The Morgan fingerprint density at radius 1 is 1.26 bits per heavy atom. The highest BCUT2D eigenvalue weighted by molar-refractivity contribution is 5.46. The molecule has 5 heteroatoms. The monoisotopic (exact) mass is 255 g/mol. The van der Waals surface area contributed by atoms with Crippen LogP contribution in [-0.2, 0) is 0 Å². The lowest BCUT2D eigenvalue weighted by Gasteiger charge is -2.16. The van der Waals surface area contributed by atoms with E-state index >= 15 is 0 Å². The molecule has 1 unspecified atom stereocenters. The van der Waals surface area contributed by atoms with Gasteiger partial charge in [0.05, 0.1) is 30.6 Å². The predicted molar refractivity (Wildman–Crippen MR) is 68.8 cm³/mol. The molecule has 0 N–H and O–H groups in total. The quantitative estimate of drug-likeness (QED) is 0.839. The van der Waals surface area contributed by atoms with Gasteiger partial charge in [-0.25, -0.2) is 0 Å². The van der Waals surface area contributed by atoms with Crippen molar-refractivity contribution in [2.75, 3.05) is 7.11 Å². The molecule has 0 aliphatic carbocycles. The lowest BCUT2D eigenvalue weighted by atomic mass is 10.2. The van der Waals surface area contributed by atoms with Gasteiger partial charge in [0.1, 0.15) is 6.10 Å². The average molecular weight is 255 g/mol. The molecule has 1 heterocycles. The number of methoxy groups -OCH3 is 1. The van der Waals surface area contributed by atoms with Crippen molar-refractivity contribution in [1.82, 2.24) is 9.97 Å². The maximum atomic E-state index is 8.91. The van der Waals surface area contributed by atoms with Gasteiger partial charge in [-0.05, 0) is 19.1 Å². The minimum Gasteiger partial charge on any atom is -0.493 e. The largest absolute Gasteiger partial charge is 0.493 e. The molecule has 0 bridgehead atoms. The molecule has 0 spiro atoms. The van der Waals surface area contributed by atoms with Gasteiger partial charge in [-0.3, -0.25) is 9.97 Å². The molecule has 1 aromatic carbocycles. The van der Waals surface area contributed by atoms with Crippen LogP contribution in [-0.4, -0.2) is 17.1 Å². The zero-order chi connectivity index (χ0) is 13.7. The lowest BCUT2D eigenvalue weighted by molar-refractivity contribution is 0.211. The zero-order valence-electron chi connectivity index (χ0n) is 10.7. The van der Waals surface area contributed by atoms with E-state index in [4.69, 9.17) is 14.7 Å². The molecule has 0 saturated heterocycles. The van der Waals surface area contributed by atoms with E-state index in [9.17, 15) is 0 Å². The second kappa shape index (κ2) is 5.83. The Balaban J connectivity index is 2.25. The summed E-state index contributed by atoms with van der Waals surface area (Å²) in [5.74, 6) is 1.09. The first-order valence-corrected chi connectivity index (χ1v) is 5.75. The highest BCUT2D eigenvalue weighted by atomic mass is 16.5. The van der Waals surface area contributed by atoms with E-state index in [1.807, 2.05) is 6.92 Å². The molecule has 0 amide bonds. The minimum absolute atomic E-state index is 0.281. The van der Waals surface area contributed by atoms with Gasteiger partial charge in [0, 0.05) is 18.5 Å². The molecule has 96 valence electrons. The number of ether oxygens (including phenoxy) is 2. The SMILES string of the molecule is COc1ccc(C#N)cc1OC(C)c1cnccn1. The van der Waals surface area contributed by atoms with Crippen molar-refractivity contribution in [2.24, 2.45) is 0 Å². The standard InChI is InChI=1S/C14H13N3O2/c1-10(12-9-16-5-6-17-12)19-14-7-11(8-15)3-4-13(14)18-2/h3-7,9-10H,1-2H3. The molecule has 0 aliphatic rings. The van der Waals surface area contributed by atoms with Crippen LogP contribution in [0.2, 0.25) is 0 Å². The van der Waals surface area contributed by atoms with Gasteiger partial charge in [0.2, 0.25) is 0 Å². The summed E-state index contributed by atoms with van der Waals surface area (Å²) in [6, 6.07) is 7.10. The fraction of sp³-hybridized carbons (Fsp3) is 0.214. The molecule has 19 heavy (non-hydrogen) atoms. The average Bonchev–Trinajstić information content (AvgIpc) is 2.48. The fourth-order valence-electron chi connectivity index (χ4n) is 1.61. The Morgan fingerprint density at radius 3 is 2.74 bits per heavy atom. The van der Waals surface area contributed by atoms with Crippen LogP contribution in [0.4, 0.5) is 0 Å². The van der Waals surface area contributed by atoms with Crippen molar-refractivity contribution in [3.05, 3.63) is 48.0 Å². The summed E-state index contributed by atoms with van der Waals surface area (Å²) in [4.78, 5) is 8.18. The van der Waals surface area contributed by atoms with E-state index < -0.39 is 0 Å². The normalized spacial score (nSPS) is 11.4. The number of hydrogen-bond acceptors (Lipinski definition) is 5. The number of aromatic nitrogens is 2. The topological polar surface area (TPSA) is 68.0 Å². The third kappa shape index (κ3) is 2.99. The van der Waals surface area contributed by atoms with Gasteiger partial charge in [-0.1, -0.05) is 0 Å². The van der Waals surface area contributed by atoms with Gasteiger partial charge < -0.3 is 9.47 Å². The van der Waals surface area contributed by atoms with Crippen LogP contribution in [0.15, 0.2) is 36.8 Å². The van der Waals surface area contributed by atoms with E-state index in [1.54, 1.807) is 43.9 Å². The maximum Gasteiger partial charge on any atom is 0.163 e. The molecule has 0 saturated carbocycles. The van der Waals surface area contributed by atoms with Crippen molar-refractivity contribution in [3.8, 4) is 17.6 Å². The Morgan fingerprint density at radius 2 is 2.11 bits per heavy atom. The molecule has 2 aromatic rings. The third-order valence-electron chi connectivity index (χ3n) is 2.60. The van der Waals surface area contributed by atoms with E-state index in [-0.39, 0.29) is 6.10 Å². The first kappa shape index (κ1) is 12.8. The Hall–Kier alpha value is -2.61. The van der Waals surface area contributed by atoms with Crippen LogP contribution < -0.4 is 9.47 Å². The Bertz CT molecular complexity index is 593. The molecule has 1 aromatic heterocycles. The van der Waals surface area contributed by atoms with Crippen LogP contribution in [0.3, 0.4) is 0 Å². The molecular formula is C14H13N3O2. The van der Waals surface area contributed by atoms with Crippen LogP contribution in [0.5, 0.6) is 11.5 Å². The van der Waals surface area contributed by atoms with Crippen LogP contribution in [0.1, 0.15) is 24.3 Å². The molecular weight excluding hydrogens is 242 g/mol. The number of nitrogens with zero attached hydrogens (tertiary/aromatic N) is 3. The number of nitriles is 1. The predicted octanol–water partition coefficient (Wildman–Crippen LogP) is 2.50. The van der Waals surface area contributed by atoms with Gasteiger partial charge >= 0.3 is 0 Å². The van der Waals surface area contributed by atoms with Gasteiger partial charge in [-0.15, -0.1) is 0 Å². The summed E-state index contributed by atoms with van der Waals surface area (Å²) < 4.78 is 11.0. The van der Waals surface area contributed by atoms with Crippen LogP contribution in [0.25, 0.3) is 0 Å². The van der Waals surface area contributed by atoms with Crippen molar-refractivity contribution < 1.29 is 9.47 Å². The Labute approximate surface area is 111 Å². The second-order valence-corrected chi connectivity index (χ2v) is 3.87. The Kier molecular flexibility index (Phi) is 3.94. The molecule has 2 rings (SSSR count). The van der Waals surface area contributed by atoms with Crippen molar-refractivity contribution in [2.45, 2.75) is 13.0 Å². The van der Waals surface area contributed by atoms with E-state index in [0.29, 0.717) is 22.8 Å². The van der Waals surface area contributed by atoms with Crippen molar-refractivity contribution >= 4 is 0 Å². The number of hydrogen-bond donors (Lipinski definition) is 0. The second-order valence-electron chi connectivity index (χ2n) is 3.87. The minimum atomic E-state index is -0.281. The van der Waals surface area contributed by atoms with Crippen LogP contribution >= 0.6 is 0 Å². The maximum absolute atomic E-state index is 8.91. The summed E-state index contributed by atoms with van der Waals surface area (Å²) in [5, 5.41) is 8.91. The summed E-state index contributed by atoms with van der Waals surface area (Å²) in [7, 11) is 1.56. The van der Waals surface area contributed by atoms with Crippen molar-refractivity contribution in [3.63, 3.8) is 0 Å². The highest BCUT2D eigenvalue weighted by Gasteiger charge is 2.13. The summed E-state index contributed by atoms with van der Waals surface area (Å²) in [5.41, 5.74) is 1.23. The molecule has 5 nitrogen and oxygen atoms in total. The molecule has 0 fully saturated rings. The zero-order valence-corrected chi connectivity index (χ0v) is 10.7. The number of benzene rings is 1. The number of rotatable bonds is 4. The van der Waals surface area contributed by atoms with E-state index in [0.717, 1.165) is 0 Å². The van der Waals surface area contributed by atoms with E-state index in [2.05, 4.69) is 16.0 Å². The fourth-order valence-corrected chi connectivity index (χ4v) is 1.61. The lowest BCUT2D eigenvalue weighted by Crippen LogP contribution is -2.06. The first-order valence-electron chi connectivity index (χ1n) is 5.75. The summed E-state index contributed by atoms with van der Waals surface area (Å²) in [6.45, 7) is 1.86. The summed E-state index contributed by atoms with van der Waals surface area (Å²) >= 11 is 0. The third-order valence-corrected chi connectivity index (χ3v) is 2.60. The highest BCUT2D eigenvalue weighted by Crippen LogP contribution is 2.31. The summed E-state index contributed by atoms with van der Waals surface area (Å²) in [6.07, 6.45) is 4.58. The molecule has 0 aliphatic heterocycles. The smallest absolute Gasteiger partial charge is 0.163 e. The van der Waals surface area contributed by atoms with Gasteiger partial charge in [0.25, 0.3) is 0 Å². The molecule has 0 radical (unpaired) electrons. The van der Waals surface area contributed by atoms with Gasteiger partial charge in [-0.2, -0.15) is 5.26 Å². The van der Waals surface area contributed by atoms with Crippen molar-refractivity contribution in [1.29, 1.82) is 5.26 Å². The van der Waals surface area contributed by atoms with Crippen LogP contribution in [0, 0.1) is 11.3 Å². The van der Waals surface area contributed by atoms with Gasteiger partial charge in [0.15, 0.2) is 11.5 Å². The molecule has 1 atom stereocenters. The van der Waals surface area contributed by atoms with E-state index in [1.165, 1.54) is 0 Å². The first-order chi connectivity index (χ1) is 9.24.